The monoisotopic (exact) mass is 467 g/mol. The summed E-state index contributed by atoms with van der Waals surface area (Å²) in [5.74, 6) is -2.04. The zero-order chi connectivity index (χ0) is 23.7. The number of hydrogen-bond acceptors (Lipinski definition) is 3. The lowest BCUT2D eigenvalue weighted by Gasteiger charge is -2.32. The number of halogens is 2. The Balaban J connectivity index is 1.61. The van der Waals surface area contributed by atoms with E-state index in [1.165, 1.54) is 6.07 Å². The number of fused-ring (bicyclic) bond motifs is 3. The Hall–Kier alpha value is -3.38. The highest BCUT2D eigenvalue weighted by molar-refractivity contribution is 6.31. The second-order valence-corrected chi connectivity index (χ2v) is 8.62. The molecule has 33 heavy (non-hydrogen) atoms. The lowest BCUT2D eigenvalue weighted by Crippen LogP contribution is -2.44. The number of benzene rings is 3. The van der Waals surface area contributed by atoms with E-state index in [1.807, 2.05) is 48.5 Å². The van der Waals surface area contributed by atoms with Crippen LogP contribution in [-0.4, -0.2) is 34.7 Å². The SMILES string of the molecule is CC(C)N(C(=O)OCC1c2ccccc2-c2ccccc21)C(C(=O)O)c1ccc(F)cc1Cl. The van der Waals surface area contributed by atoms with Gasteiger partial charge in [-0.1, -0.05) is 66.2 Å². The van der Waals surface area contributed by atoms with Gasteiger partial charge < -0.3 is 9.84 Å². The standard InChI is InChI=1S/C26H23ClFNO4/c1-15(2)29(24(25(30)31)21-12-11-16(28)13-23(21)27)26(32)33-14-22-19-9-5-3-7-17(19)18-8-4-6-10-20(18)22/h3-13,15,22,24H,14H2,1-2H3,(H,30,31). The van der Waals surface area contributed by atoms with Crippen LogP contribution in [0.4, 0.5) is 9.18 Å². The molecule has 0 saturated carbocycles. The third kappa shape index (κ3) is 4.31. The maximum absolute atomic E-state index is 13.5. The van der Waals surface area contributed by atoms with Gasteiger partial charge in [0.25, 0.3) is 0 Å². The van der Waals surface area contributed by atoms with E-state index in [9.17, 15) is 19.1 Å². The molecule has 0 spiro atoms. The first kappa shape index (κ1) is 22.8. The molecular weight excluding hydrogens is 445 g/mol. The summed E-state index contributed by atoms with van der Waals surface area (Å²) < 4.78 is 19.2. The highest BCUT2D eigenvalue weighted by atomic mass is 35.5. The molecule has 1 N–H and O–H groups in total. The fourth-order valence-corrected chi connectivity index (χ4v) is 4.68. The van der Waals surface area contributed by atoms with E-state index < -0.39 is 30.0 Å². The molecule has 0 aliphatic heterocycles. The van der Waals surface area contributed by atoms with Gasteiger partial charge in [0.1, 0.15) is 12.4 Å². The molecule has 3 aromatic rings. The predicted octanol–water partition coefficient (Wildman–Crippen LogP) is 6.26. The van der Waals surface area contributed by atoms with Gasteiger partial charge in [-0.2, -0.15) is 0 Å². The minimum atomic E-state index is -1.42. The number of ether oxygens (including phenoxy) is 1. The minimum Gasteiger partial charge on any atom is -0.479 e. The van der Waals surface area contributed by atoms with E-state index in [2.05, 4.69) is 0 Å². The van der Waals surface area contributed by atoms with Crippen molar-refractivity contribution in [1.29, 1.82) is 0 Å². The van der Waals surface area contributed by atoms with Crippen LogP contribution in [0, 0.1) is 5.82 Å². The molecule has 0 heterocycles. The van der Waals surface area contributed by atoms with E-state index in [4.69, 9.17) is 16.3 Å². The first-order valence-corrected chi connectivity index (χ1v) is 11.0. The number of nitrogens with zero attached hydrogens (tertiary/aromatic N) is 1. The van der Waals surface area contributed by atoms with Crippen LogP contribution in [0.5, 0.6) is 0 Å². The number of hydrogen-bond donors (Lipinski definition) is 1. The van der Waals surface area contributed by atoms with Crippen molar-refractivity contribution in [3.05, 3.63) is 94.3 Å². The molecule has 1 unspecified atom stereocenters. The second kappa shape index (κ2) is 9.24. The third-order valence-electron chi connectivity index (χ3n) is 5.87. The van der Waals surface area contributed by atoms with Crippen LogP contribution in [0.2, 0.25) is 5.02 Å². The van der Waals surface area contributed by atoms with Crippen LogP contribution in [0.1, 0.15) is 42.5 Å². The molecular formula is C26H23ClFNO4. The van der Waals surface area contributed by atoms with Crippen molar-refractivity contribution in [2.75, 3.05) is 6.61 Å². The summed E-state index contributed by atoms with van der Waals surface area (Å²) in [5.41, 5.74) is 4.42. The molecule has 5 nitrogen and oxygen atoms in total. The zero-order valence-electron chi connectivity index (χ0n) is 18.2. The Morgan fingerprint density at radius 3 is 2.12 bits per heavy atom. The Labute approximate surface area is 196 Å². The number of carboxylic acid groups (broad SMARTS) is 1. The summed E-state index contributed by atoms with van der Waals surface area (Å²) in [6, 6.07) is 17.4. The summed E-state index contributed by atoms with van der Waals surface area (Å²) in [7, 11) is 0. The summed E-state index contributed by atoms with van der Waals surface area (Å²) in [4.78, 5) is 26.5. The first-order chi connectivity index (χ1) is 15.8. The fourth-order valence-electron chi connectivity index (χ4n) is 4.41. The molecule has 7 heteroatoms. The summed E-state index contributed by atoms with van der Waals surface area (Å²) in [6.45, 7) is 3.43. The number of carbonyl (C=O) groups is 2. The smallest absolute Gasteiger partial charge is 0.411 e. The van der Waals surface area contributed by atoms with E-state index in [0.29, 0.717) is 0 Å². The molecule has 0 saturated heterocycles. The van der Waals surface area contributed by atoms with E-state index >= 15 is 0 Å². The van der Waals surface area contributed by atoms with Gasteiger partial charge in [0.2, 0.25) is 0 Å². The molecule has 170 valence electrons. The Morgan fingerprint density at radius 2 is 1.61 bits per heavy atom. The van der Waals surface area contributed by atoms with E-state index in [1.54, 1.807) is 13.8 Å². The number of aliphatic carboxylic acids is 1. The molecule has 1 atom stereocenters. The predicted molar refractivity (Wildman–Crippen MR) is 124 cm³/mol. The maximum Gasteiger partial charge on any atom is 0.411 e. The maximum atomic E-state index is 13.5. The first-order valence-electron chi connectivity index (χ1n) is 10.6. The topological polar surface area (TPSA) is 66.8 Å². The number of carboxylic acids is 1. The van der Waals surface area contributed by atoms with E-state index in [-0.39, 0.29) is 23.1 Å². The Morgan fingerprint density at radius 1 is 1.03 bits per heavy atom. The molecule has 1 aliphatic rings. The third-order valence-corrected chi connectivity index (χ3v) is 6.20. The lowest BCUT2D eigenvalue weighted by molar-refractivity contribution is -0.143. The number of carbonyl (C=O) groups excluding carboxylic acids is 1. The van der Waals surface area contributed by atoms with Gasteiger partial charge in [0, 0.05) is 22.5 Å². The van der Waals surface area contributed by atoms with Crippen molar-refractivity contribution in [2.45, 2.75) is 31.8 Å². The Bertz CT molecular complexity index is 1170. The van der Waals surface area contributed by atoms with Crippen LogP contribution in [0.25, 0.3) is 11.1 Å². The van der Waals surface area contributed by atoms with Crippen molar-refractivity contribution < 1.29 is 23.8 Å². The van der Waals surface area contributed by atoms with Gasteiger partial charge in [-0.15, -0.1) is 0 Å². The van der Waals surface area contributed by atoms with Crippen molar-refractivity contribution in [3.63, 3.8) is 0 Å². The minimum absolute atomic E-state index is 0.0551. The van der Waals surface area contributed by atoms with Crippen molar-refractivity contribution >= 4 is 23.7 Å². The van der Waals surface area contributed by atoms with Gasteiger partial charge in [-0.3, -0.25) is 4.90 Å². The Kier molecular flexibility index (Phi) is 6.38. The van der Waals surface area contributed by atoms with Gasteiger partial charge >= 0.3 is 12.1 Å². The van der Waals surface area contributed by atoms with Gasteiger partial charge in [-0.25, -0.2) is 14.0 Å². The summed E-state index contributed by atoms with van der Waals surface area (Å²) >= 11 is 6.13. The average Bonchev–Trinajstić information content (AvgIpc) is 3.10. The van der Waals surface area contributed by atoms with E-state index in [0.717, 1.165) is 39.3 Å². The summed E-state index contributed by atoms with van der Waals surface area (Å²) in [5, 5.41) is 9.86. The lowest BCUT2D eigenvalue weighted by atomic mass is 9.98. The van der Waals surface area contributed by atoms with Crippen LogP contribution in [0.15, 0.2) is 66.7 Å². The molecule has 1 amide bonds. The second-order valence-electron chi connectivity index (χ2n) is 8.21. The molecule has 1 aliphatic carbocycles. The average molecular weight is 468 g/mol. The normalized spacial score (nSPS) is 13.4. The molecule has 0 radical (unpaired) electrons. The largest absolute Gasteiger partial charge is 0.479 e. The zero-order valence-corrected chi connectivity index (χ0v) is 18.9. The fraction of sp³-hybridized carbons (Fsp3) is 0.231. The molecule has 0 bridgehead atoms. The summed E-state index contributed by atoms with van der Waals surface area (Å²) in [6.07, 6.45) is -0.778. The van der Waals surface area contributed by atoms with Crippen LogP contribution < -0.4 is 0 Å². The highest BCUT2D eigenvalue weighted by Gasteiger charge is 2.37. The highest BCUT2D eigenvalue weighted by Crippen LogP contribution is 2.44. The number of rotatable bonds is 6. The van der Waals surface area contributed by atoms with Crippen molar-refractivity contribution in [1.82, 2.24) is 4.90 Å². The van der Waals surface area contributed by atoms with Crippen molar-refractivity contribution in [2.24, 2.45) is 0 Å². The van der Waals surface area contributed by atoms with Crippen molar-refractivity contribution in [3.8, 4) is 11.1 Å². The molecule has 0 fully saturated rings. The molecule has 0 aromatic heterocycles. The molecule has 4 rings (SSSR count). The quantitative estimate of drug-likeness (QED) is 0.464. The van der Waals surface area contributed by atoms with Gasteiger partial charge in [0.05, 0.1) is 0 Å². The number of amides is 1. The van der Waals surface area contributed by atoms with Crippen LogP contribution >= 0.6 is 11.6 Å². The van der Waals surface area contributed by atoms with Gasteiger partial charge in [0.15, 0.2) is 6.04 Å². The van der Waals surface area contributed by atoms with Gasteiger partial charge in [-0.05, 0) is 48.2 Å². The van der Waals surface area contributed by atoms with Crippen LogP contribution in [0.3, 0.4) is 0 Å². The van der Waals surface area contributed by atoms with Crippen LogP contribution in [-0.2, 0) is 9.53 Å². The molecule has 3 aromatic carbocycles.